The van der Waals surface area contributed by atoms with Crippen molar-refractivity contribution >= 4 is 35.8 Å². The summed E-state index contributed by atoms with van der Waals surface area (Å²) in [6.07, 6.45) is 0.646. The molecule has 7 nitrogen and oxygen atoms in total. The van der Waals surface area contributed by atoms with Crippen LogP contribution in [-0.4, -0.2) is 43.7 Å². The number of amides is 1. The lowest BCUT2D eigenvalue weighted by Gasteiger charge is -2.18. The van der Waals surface area contributed by atoms with Crippen molar-refractivity contribution in [1.29, 1.82) is 0 Å². The van der Waals surface area contributed by atoms with Crippen molar-refractivity contribution in [2.75, 3.05) is 26.7 Å². The van der Waals surface area contributed by atoms with Crippen LogP contribution in [0.25, 0.3) is 0 Å². The number of aromatic hydroxyl groups is 1. The third-order valence-electron chi connectivity index (χ3n) is 4.37. The second-order valence-electron chi connectivity index (χ2n) is 6.68. The highest BCUT2D eigenvalue weighted by Crippen LogP contribution is 2.21. The SMILES string of the molecule is CCNC(=NCCCNC(=O)c1cccc(O)c1)NC(C)c1ccc(OC)c(F)c1.I. The normalized spacial score (nSPS) is 11.8. The van der Waals surface area contributed by atoms with E-state index >= 15 is 0 Å². The Morgan fingerprint density at radius 3 is 2.65 bits per heavy atom. The van der Waals surface area contributed by atoms with Gasteiger partial charge in [-0.25, -0.2) is 4.39 Å². The molecule has 4 N–H and O–H groups in total. The first kappa shape index (κ1) is 26.5. The summed E-state index contributed by atoms with van der Waals surface area (Å²) in [6.45, 7) is 5.52. The molecule has 9 heteroatoms. The summed E-state index contributed by atoms with van der Waals surface area (Å²) in [4.78, 5) is 16.6. The van der Waals surface area contributed by atoms with E-state index in [1.165, 1.54) is 25.3 Å². The van der Waals surface area contributed by atoms with Gasteiger partial charge < -0.3 is 25.8 Å². The molecule has 2 rings (SSSR count). The van der Waals surface area contributed by atoms with Gasteiger partial charge in [0.15, 0.2) is 17.5 Å². The number of guanidine groups is 1. The molecule has 0 fully saturated rings. The number of aliphatic imine (C=N–C) groups is 1. The van der Waals surface area contributed by atoms with Crippen molar-refractivity contribution in [1.82, 2.24) is 16.0 Å². The van der Waals surface area contributed by atoms with Gasteiger partial charge in [-0.3, -0.25) is 9.79 Å². The molecule has 0 aliphatic carbocycles. The third kappa shape index (κ3) is 8.60. The van der Waals surface area contributed by atoms with E-state index in [1.54, 1.807) is 24.3 Å². The van der Waals surface area contributed by atoms with Crippen molar-refractivity contribution < 1.29 is 19.0 Å². The first-order valence-corrected chi connectivity index (χ1v) is 9.90. The summed E-state index contributed by atoms with van der Waals surface area (Å²) < 4.78 is 18.9. The predicted octanol–water partition coefficient (Wildman–Crippen LogP) is 3.59. The Labute approximate surface area is 199 Å². The Morgan fingerprint density at radius 2 is 2.00 bits per heavy atom. The molecule has 0 bridgehead atoms. The van der Waals surface area contributed by atoms with Crippen LogP contribution in [0.2, 0.25) is 0 Å². The number of hydrogen-bond donors (Lipinski definition) is 4. The van der Waals surface area contributed by atoms with Gasteiger partial charge in [0, 0.05) is 25.2 Å². The van der Waals surface area contributed by atoms with Gasteiger partial charge >= 0.3 is 0 Å². The Hall–Kier alpha value is -2.56. The van der Waals surface area contributed by atoms with Crippen LogP contribution in [0.15, 0.2) is 47.5 Å². The maximum atomic E-state index is 13.9. The molecule has 0 aliphatic rings. The average molecular weight is 544 g/mol. The summed E-state index contributed by atoms with van der Waals surface area (Å²) in [5, 5.41) is 18.6. The van der Waals surface area contributed by atoms with E-state index in [9.17, 15) is 14.3 Å². The van der Waals surface area contributed by atoms with Crippen LogP contribution in [0, 0.1) is 5.82 Å². The minimum Gasteiger partial charge on any atom is -0.508 e. The summed E-state index contributed by atoms with van der Waals surface area (Å²) in [7, 11) is 1.43. The lowest BCUT2D eigenvalue weighted by molar-refractivity contribution is 0.0953. The first-order valence-electron chi connectivity index (χ1n) is 9.90. The number of hydrogen-bond acceptors (Lipinski definition) is 4. The van der Waals surface area contributed by atoms with Crippen LogP contribution in [-0.2, 0) is 0 Å². The molecular formula is C22H30FIN4O3. The monoisotopic (exact) mass is 544 g/mol. The minimum absolute atomic E-state index is 0. The standard InChI is InChI=1S/C22H29FN4O3.HI/c1-4-24-22(27-15(2)16-9-10-20(30-3)19(23)14-16)26-12-6-11-25-21(29)17-7-5-8-18(28)13-17;/h5,7-10,13-15,28H,4,6,11-12H2,1-3H3,(H,25,29)(H2,24,26,27);1H. The van der Waals surface area contributed by atoms with Crippen molar-refractivity contribution in [3.8, 4) is 11.5 Å². The highest BCUT2D eigenvalue weighted by atomic mass is 127. The average Bonchev–Trinajstić information content (AvgIpc) is 2.73. The molecule has 0 spiro atoms. The fourth-order valence-electron chi connectivity index (χ4n) is 2.78. The van der Waals surface area contributed by atoms with E-state index in [1.807, 2.05) is 13.8 Å². The number of ether oxygens (including phenoxy) is 1. The molecule has 170 valence electrons. The van der Waals surface area contributed by atoms with E-state index in [0.717, 1.165) is 5.56 Å². The smallest absolute Gasteiger partial charge is 0.251 e. The number of nitrogens with zero attached hydrogens (tertiary/aromatic N) is 1. The van der Waals surface area contributed by atoms with Crippen LogP contribution in [0.3, 0.4) is 0 Å². The van der Waals surface area contributed by atoms with Crippen LogP contribution in [0.5, 0.6) is 11.5 Å². The summed E-state index contributed by atoms with van der Waals surface area (Å²) in [5.41, 5.74) is 1.19. The van der Waals surface area contributed by atoms with E-state index < -0.39 is 5.82 Å². The van der Waals surface area contributed by atoms with Gasteiger partial charge in [-0.15, -0.1) is 24.0 Å². The van der Waals surface area contributed by atoms with Crippen molar-refractivity contribution in [2.45, 2.75) is 26.3 Å². The van der Waals surface area contributed by atoms with E-state index in [-0.39, 0.29) is 47.4 Å². The Bertz CT molecular complexity index is 880. The first-order chi connectivity index (χ1) is 14.4. The molecule has 0 saturated heterocycles. The number of phenols is 1. The van der Waals surface area contributed by atoms with E-state index in [0.29, 0.717) is 37.6 Å². The maximum Gasteiger partial charge on any atom is 0.251 e. The van der Waals surface area contributed by atoms with E-state index in [2.05, 4.69) is 20.9 Å². The maximum absolute atomic E-state index is 13.9. The van der Waals surface area contributed by atoms with Gasteiger partial charge in [-0.1, -0.05) is 12.1 Å². The molecule has 2 aromatic carbocycles. The molecule has 0 saturated carbocycles. The minimum atomic E-state index is -0.409. The molecule has 1 unspecified atom stereocenters. The molecule has 0 radical (unpaired) electrons. The van der Waals surface area contributed by atoms with Crippen molar-refractivity contribution in [2.24, 2.45) is 4.99 Å². The van der Waals surface area contributed by atoms with Gasteiger partial charge in [-0.05, 0) is 56.2 Å². The van der Waals surface area contributed by atoms with Gasteiger partial charge in [0.1, 0.15) is 5.75 Å². The van der Waals surface area contributed by atoms with Crippen LogP contribution in [0.1, 0.15) is 42.2 Å². The van der Waals surface area contributed by atoms with Crippen molar-refractivity contribution in [3.63, 3.8) is 0 Å². The number of carbonyl (C=O) groups excluding carboxylic acids is 1. The summed E-state index contributed by atoms with van der Waals surface area (Å²) >= 11 is 0. The molecular weight excluding hydrogens is 514 g/mol. The number of phenolic OH excluding ortho intramolecular Hbond substituents is 1. The quantitative estimate of drug-likeness (QED) is 0.168. The predicted molar refractivity (Wildman–Crippen MR) is 131 cm³/mol. The zero-order valence-corrected chi connectivity index (χ0v) is 20.3. The molecule has 0 heterocycles. The second-order valence-corrected chi connectivity index (χ2v) is 6.68. The number of benzene rings is 2. The molecule has 1 atom stereocenters. The van der Waals surface area contributed by atoms with Gasteiger partial charge in [0.2, 0.25) is 0 Å². The lowest BCUT2D eigenvalue weighted by atomic mass is 10.1. The van der Waals surface area contributed by atoms with Gasteiger partial charge in [-0.2, -0.15) is 0 Å². The highest BCUT2D eigenvalue weighted by molar-refractivity contribution is 14.0. The molecule has 1 amide bonds. The zero-order chi connectivity index (χ0) is 21.9. The summed E-state index contributed by atoms with van der Waals surface area (Å²) in [6, 6.07) is 10.9. The summed E-state index contributed by atoms with van der Waals surface area (Å²) in [5.74, 6) is 0.224. The van der Waals surface area contributed by atoms with Gasteiger partial charge in [0.25, 0.3) is 5.91 Å². The lowest BCUT2D eigenvalue weighted by Crippen LogP contribution is -2.39. The molecule has 2 aromatic rings. The van der Waals surface area contributed by atoms with Gasteiger partial charge in [0.05, 0.1) is 13.2 Å². The topological polar surface area (TPSA) is 95.0 Å². The molecule has 0 aromatic heterocycles. The van der Waals surface area contributed by atoms with Crippen molar-refractivity contribution in [3.05, 3.63) is 59.4 Å². The van der Waals surface area contributed by atoms with E-state index in [4.69, 9.17) is 4.74 Å². The number of nitrogens with one attached hydrogen (secondary N) is 3. The molecule has 0 aliphatic heterocycles. The highest BCUT2D eigenvalue weighted by Gasteiger charge is 2.11. The Morgan fingerprint density at radius 1 is 1.23 bits per heavy atom. The Balaban J connectivity index is 0.00000480. The number of carbonyl (C=O) groups is 1. The fourth-order valence-corrected chi connectivity index (χ4v) is 2.78. The number of rotatable bonds is 9. The number of halogens is 2. The number of methoxy groups -OCH3 is 1. The van der Waals surface area contributed by atoms with Crippen LogP contribution < -0.4 is 20.7 Å². The molecule has 31 heavy (non-hydrogen) atoms. The zero-order valence-electron chi connectivity index (χ0n) is 17.9. The van der Waals surface area contributed by atoms with Crippen LogP contribution >= 0.6 is 24.0 Å². The second kappa shape index (κ2) is 13.7. The fraction of sp³-hybridized carbons (Fsp3) is 0.364. The third-order valence-corrected chi connectivity index (χ3v) is 4.37. The van der Waals surface area contributed by atoms with Crippen LogP contribution in [0.4, 0.5) is 4.39 Å². The largest absolute Gasteiger partial charge is 0.508 e. The Kier molecular flexibility index (Phi) is 11.7.